The van der Waals surface area contributed by atoms with Crippen LogP contribution in [0.5, 0.6) is 0 Å². The standard InChI is InChI=1S/C19H24N2O2/c1-4-5-8-11-21-16-10-7-6-9-14(16)15-12-17(19(22)23-3)20(2)13-18(15)21/h4,6-7,9-10,17H,1,5,8,11-13H2,2-3H3/t17-/m0/s1. The van der Waals surface area contributed by atoms with Gasteiger partial charge in [0.2, 0.25) is 0 Å². The number of unbranched alkanes of at least 4 members (excludes halogenated alkanes) is 1. The Morgan fingerprint density at radius 2 is 2.22 bits per heavy atom. The van der Waals surface area contributed by atoms with E-state index in [9.17, 15) is 4.79 Å². The van der Waals surface area contributed by atoms with Crippen LogP contribution in [0.15, 0.2) is 36.9 Å². The molecule has 23 heavy (non-hydrogen) atoms. The first-order valence-corrected chi connectivity index (χ1v) is 8.15. The van der Waals surface area contributed by atoms with Gasteiger partial charge in [-0.1, -0.05) is 24.3 Å². The van der Waals surface area contributed by atoms with Gasteiger partial charge in [0.15, 0.2) is 0 Å². The molecule has 0 N–H and O–H groups in total. The molecule has 2 aromatic rings. The van der Waals surface area contributed by atoms with E-state index in [1.807, 2.05) is 13.1 Å². The molecular weight excluding hydrogens is 288 g/mol. The lowest BCUT2D eigenvalue weighted by atomic mass is 9.97. The van der Waals surface area contributed by atoms with Gasteiger partial charge in [-0.15, -0.1) is 6.58 Å². The van der Waals surface area contributed by atoms with Crippen LogP contribution < -0.4 is 0 Å². The Morgan fingerprint density at radius 1 is 1.43 bits per heavy atom. The molecular formula is C19H24N2O2. The van der Waals surface area contributed by atoms with Crippen LogP contribution in [0.4, 0.5) is 0 Å². The summed E-state index contributed by atoms with van der Waals surface area (Å²) in [4.78, 5) is 14.2. The maximum Gasteiger partial charge on any atom is 0.323 e. The van der Waals surface area contributed by atoms with Crippen LogP contribution in [0.2, 0.25) is 0 Å². The van der Waals surface area contributed by atoms with Gasteiger partial charge in [0.1, 0.15) is 6.04 Å². The quantitative estimate of drug-likeness (QED) is 0.483. The molecule has 0 saturated heterocycles. The zero-order valence-corrected chi connectivity index (χ0v) is 13.9. The number of aryl methyl sites for hydroxylation is 1. The van der Waals surface area contributed by atoms with Crippen molar-refractivity contribution in [1.29, 1.82) is 0 Å². The number of carbonyl (C=O) groups is 1. The summed E-state index contributed by atoms with van der Waals surface area (Å²) in [5.41, 5.74) is 3.89. The summed E-state index contributed by atoms with van der Waals surface area (Å²) >= 11 is 0. The predicted octanol–water partition coefficient (Wildman–Crippen LogP) is 3.14. The zero-order valence-electron chi connectivity index (χ0n) is 13.9. The Morgan fingerprint density at radius 3 is 2.96 bits per heavy atom. The average molecular weight is 312 g/mol. The Kier molecular flexibility index (Phi) is 4.53. The Bertz CT molecular complexity index is 732. The van der Waals surface area contributed by atoms with E-state index in [2.05, 4.69) is 40.3 Å². The third kappa shape index (κ3) is 2.79. The lowest BCUT2D eigenvalue weighted by molar-refractivity contribution is -0.147. The molecule has 2 heterocycles. The molecule has 1 aliphatic rings. The summed E-state index contributed by atoms with van der Waals surface area (Å²) in [5.74, 6) is -0.151. The van der Waals surface area contributed by atoms with Gasteiger partial charge >= 0.3 is 5.97 Å². The first-order chi connectivity index (χ1) is 11.2. The molecule has 4 nitrogen and oxygen atoms in total. The minimum atomic E-state index is -0.195. The second-order valence-corrected chi connectivity index (χ2v) is 6.18. The number of hydrogen-bond donors (Lipinski definition) is 0. The summed E-state index contributed by atoms with van der Waals surface area (Å²) < 4.78 is 7.39. The molecule has 0 amide bonds. The number of allylic oxidation sites excluding steroid dienone is 1. The molecule has 0 unspecified atom stereocenters. The van der Waals surface area contributed by atoms with Crippen molar-refractivity contribution >= 4 is 16.9 Å². The van der Waals surface area contributed by atoms with Crippen LogP contribution in [-0.2, 0) is 29.0 Å². The molecule has 1 aromatic heterocycles. The number of nitrogens with zero attached hydrogens (tertiary/aromatic N) is 2. The van der Waals surface area contributed by atoms with Crippen LogP contribution in [0.3, 0.4) is 0 Å². The van der Waals surface area contributed by atoms with Crippen molar-refractivity contribution < 1.29 is 9.53 Å². The first-order valence-electron chi connectivity index (χ1n) is 8.15. The number of fused-ring (bicyclic) bond motifs is 3. The fourth-order valence-corrected chi connectivity index (χ4v) is 3.58. The number of esters is 1. The first kappa shape index (κ1) is 15.8. The fraction of sp³-hybridized carbons (Fsp3) is 0.421. The van der Waals surface area contributed by atoms with Crippen LogP contribution in [-0.4, -0.2) is 35.6 Å². The van der Waals surface area contributed by atoms with Crippen molar-refractivity contribution in [2.45, 2.75) is 38.4 Å². The number of benzene rings is 1. The van der Waals surface area contributed by atoms with Gasteiger partial charge in [-0.3, -0.25) is 9.69 Å². The SMILES string of the molecule is C=CCCCn1c2c(c3ccccc31)C[C@@H](C(=O)OC)N(C)C2. The Hall–Kier alpha value is -2.07. The summed E-state index contributed by atoms with van der Waals surface area (Å²) in [6.07, 6.45) is 4.78. The molecule has 1 aliphatic heterocycles. The third-order valence-corrected chi connectivity index (χ3v) is 4.79. The highest BCUT2D eigenvalue weighted by molar-refractivity contribution is 5.87. The van der Waals surface area contributed by atoms with E-state index in [-0.39, 0.29) is 12.0 Å². The van der Waals surface area contributed by atoms with E-state index >= 15 is 0 Å². The summed E-state index contributed by atoms with van der Waals surface area (Å²) in [5, 5.41) is 1.27. The summed E-state index contributed by atoms with van der Waals surface area (Å²) in [6.45, 7) is 5.57. The third-order valence-electron chi connectivity index (χ3n) is 4.79. The van der Waals surface area contributed by atoms with Gasteiger partial charge in [0, 0.05) is 36.1 Å². The molecule has 3 rings (SSSR count). The molecule has 4 heteroatoms. The Labute approximate surface area is 137 Å². The number of carbonyl (C=O) groups excluding carboxylic acids is 1. The number of rotatable bonds is 5. The van der Waals surface area contributed by atoms with Crippen molar-refractivity contribution in [1.82, 2.24) is 9.47 Å². The topological polar surface area (TPSA) is 34.5 Å². The van der Waals surface area contributed by atoms with Crippen molar-refractivity contribution in [3.05, 3.63) is 48.2 Å². The van der Waals surface area contributed by atoms with Crippen LogP contribution in [0.1, 0.15) is 24.1 Å². The molecule has 1 aromatic carbocycles. The highest BCUT2D eigenvalue weighted by atomic mass is 16.5. The van der Waals surface area contributed by atoms with E-state index < -0.39 is 0 Å². The number of ether oxygens (including phenoxy) is 1. The number of methoxy groups -OCH3 is 1. The number of aromatic nitrogens is 1. The minimum Gasteiger partial charge on any atom is -0.468 e. The van der Waals surface area contributed by atoms with Crippen molar-refractivity contribution in [3.63, 3.8) is 0 Å². The summed E-state index contributed by atoms with van der Waals surface area (Å²) in [7, 11) is 3.46. The van der Waals surface area contributed by atoms with Crippen LogP contribution >= 0.6 is 0 Å². The van der Waals surface area contributed by atoms with E-state index in [4.69, 9.17) is 4.74 Å². The molecule has 122 valence electrons. The van der Waals surface area contributed by atoms with Gasteiger partial charge in [0.05, 0.1) is 7.11 Å². The smallest absolute Gasteiger partial charge is 0.323 e. The highest BCUT2D eigenvalue weighted by Gasteiger charge is 2.33. The second kappa shape index (κ2) is 6.59. The van der Waals surface area contributed by atoms with E-state index in [1.54, 1.807) is 0 Å². The molecule has 0 radical (unpaired) electrons. The number of likely N-dealkylation sites (N-methyl/N-ethyl adjacent to an activating group) is 1. The van der Waals surface area contributed by atoms with E-state index in [0.29, 0.717) is 6.42 Å². The molecule has 0 fully saturated rings. The molecule has 1 atom stereocenters. The summed E-state index contributed by atoms with van der Waals surface area (Å²) in [6, 6.07) is 8.30. The zero-order chi connectivity index (χ0) is 16.4. The second-order valence-electron chi connectivity index (χ2n) is 6.18. The monoisotopic (exact) mass is 312 g/mol. The predicted molar refractivity (Wildman–Crippen MR) is 92.3 cm³/mol. The van der Waals surface area contributed by atoms with Crippen molar-refractivity contribution in [2.24, 2.45) is 0 Å². The highest BCUT2D eigenvalue weighted by Crippen LogP contribution is 2.33. The molecule has 0 saturated carbocycles. The molecule has 0 bridgehead atoms. The van der Waals surface area contributed by atoms with Gasteiger partial charge < -0.3 is 9.30 Å². The number of para-hydroxylation sites is 1. The fourth-order valence-electron chi connectivity index (χ4n) is 3.58. The maximum absolute atomic E-state index is 12.1. The lowest BCUT2D eigenvalue weighted by Gasteiger charge is -2.31. The average Bonchev–Trinajstić information content (AvgIpc) is 2.87. The van der Waals surface area contributed by atoms with Crippen molar-refractivity contribution in [2.75, 3.05) is 14.2 Å². The largest absolute Gasteiger partial charge is 0.468 e. The van der Waals surface area contributed by atoms with Gasteiger partial charge in [-0.2, -0.15) is 0 Å². The van der Waals surface area contributed by atoms with Gasteiger partial charge in [-0.25, -0.2) is 0 Å². The lowest BCUT2D eigenvalue weighted by Crippen LogP contribution is -2.44. The normalized spacial score (nSPS) is 17.9. The molecule has 0 aliphatic carbocycles. The van der Waals surface area contributed by atoms with E-state index in [0.717, 1.165) is 25.9 Å². The maximum atomic E-state index is 12.1. The van der Waals surface area contributed by atoms with Crippen LogP contribution in [0, 0.1) is 0 Å². The van der Waals surface area contributed by atoms with Crippen molar-refractivity contribution in [3.8, 4) is 0 Å². The Balaban J connectivity index is 2.04. The van der Waals surface area contributed by atoms with E-state index in [1.165, 1.54) is 29.3 Å². The minimum absolute atomic E-state index is 0.151. The van der Waals surface area contributed by atoms with Crippen LogP contribution in [0.25, 0.3) is 10.9 Å². The molecule has 0 spiro atoms. The van der Waals surface area contributed by atoms with Gasteiger partial charge in [0.25, 0.3) is 0 Å². The number of hydrogen-bond acceptors (Lipinski definition) is 3. The van der Waals surface area contributed by atoms with Gasteiger partial charge in [-0.05, 0) is 31.5 Å².